The largest absolute Gasteiger partial charge is 0.507 e. The summed E-state index contributed by atoms with van der Waals surface area (Å²) in [5.41, 5.74) is 0.285. The molecule has 0 radical (unpaired) electrons. The Morgan fingerprint density at radius 2 is 1.76 bits per heavy atom. The average Bonchev–Trinajstić information content (AvgIpc) is 2.83. The molecule has 0 spiro atoms. The third-order valence-electron chi connectivity index (χ3n) is 6.13. The smallest absolute Gasteiger partial charge is 0.205 e. The maximum Gasteiger partial charge on any atom is 0.205 e. The van der Waals surface area contributed by atoms with E-state index in [-0.39, 0.29) is 50.7 Å². The quantitative estimate of drug-likeness (QED) is 0.542. The van der Waals surface area contributed by atoms with E-state index >= 15 is 0 Å². The summed E-state index contributed by atoms with van der Waals surface area (Å²) in [4.78, 5) is 13.5. The van der Waals surface area contributed by atoms with E-state index in [9.17, 15) is 15.0 Å². The molecule has 1 aromatic heterocycles. The molecular weight excluding hydrogens is 372 g/mol. The topological polar surface area (TPSA) is 89.1 Å². The molecule has 3 heterocycles. The van der Waals surface area contributed by atoms with Gasteiger partial charge in [0.25, 0.3) is 0 Å². The van der Waals surface area contributed by atoms with Crippen molar-refractivity contribution in [1.29, 1.82) is 0 Å². The molecule has 29 heavy (non-hydrogen) atoms. The van der Waals surface area contributed by atoms with Crippen LogP contribution in [-0.2, 0) is 5.41 Å². The Morgan fingerprint density at radius 1 is 1.03 bits per heavy atom. The zero-order chi connectivity index (χ0) is 20.9. The Kier molecular flexibility index (Phi) is 3.25. The highest BCUT2D eigenvalue weighted by molar-refractivity contribution is 6.01. The summed E-state index contributed by atoms with van der Waals surface area (Å²) in [5.74, 6) is 0.437. The van der Waals surface area contributed by atoms with Crippen LogP contribution in [0.25, 0.3) is 28.0 Å². The maximum absolute atomic E-state index is 13.5. The van der Waals surface area contributed by atoms with Gasteiger partial charge < -0.3 is 24.1 Å². The Morgan fingerprint density at radius 3 is 2.48 bits per heavy atom. The molecule has 6 heteroatoms. The highest BCUT2D eigenvalue weighted by atomic mass is 16.5. The van der Waals surface area contributed by atoms with Gasteiger partial charge in [0, 0.05) is 28.7 Å². The fourth-order valence-corrected chi connectivity index (χ4v) is 4.23. The molecule has 0 amide bonds. The zero-order valence-corrected chi connectivity index (χ0v) is 16.9. The Hall–Kier alpha value is -3.15. The van der Waals surface area contributed by atoms with E-state index in [1.165, 1.54) is 12.1 Å². The Balaban J connectivity index is 1.96. The third kappa shape index (κ3) is 2.26. The van der Waals surface area contributed by atoms with E-state index in [2.05, 4.69) is 0 Å². The lowest BCUT2D eigenvalue weighted by atomic mass is 9.80. The van der Waals surface area contributed by atoms with Crippen LogP contribution in [0.4, 0.5) is 0 Å². The van der Waals surface area contributed by atoms with Gasteiger partial charge in [-0.3, -0.25) is 4.79 Å². The SMILES string of the molecule is CC1Oc2cc(O)c3c(=O)c4c5c(c(O)cc4oc3c2C1(C)C)OC(C)(C)C=C5. The first kappa shape index (κ1) is 17.9. The van der Waals surface area contributed by atoms with Gasteiger partial charge in [-0.05, 0) is 26.8 Å². The van der Waals surface area contributed by atoms with E-state index < -0.39 is 11.0 Å². The summed E-state index contributed by atoms with van der Waals surface area (Å²) in [6.07, 6.45) is 3.42. The number of fused-ring (bicyclic) bond motifs is 6. The summed E-state index contributed by atoms with van der Waals surface area (Å²) >= 11 is 0. The lowest BCUT2D eigenvalue weighted by Gasteiger charge is -2.28. The van der Waals surface area contributed by atoms with Crippen molar-refractivity contribution in [2.75, 3.05) is 0 Å². The van der Waals surface area contributed by atoms with E-state index in [1.54, 1.807) is 6.08 Å². The van der Waals surface area contributed by atoms with Crippen LogP contribution in [0.5, 0.6) is 23.0 Å². The Labute approximate surface area is 167 Å². The predicted octanol–water partition coefficient (Wildman–Crippen LogP) is 4.60. The number of hydrogen-bond donors (Lipinski definition) is 2. The van der Waals surface area contributed by atoms with Gasteiger partial charge in [0.15, 0.2) is 11.5 Å². The number of benzene rings is 2. The third-order valence-corrected chi connectivity index (χ3v) is 6.13. The maximum atomic E-state index is 13.5. The first-order valence-electron chi connectivity index (χ1n) is 9.59. The minimum absolute atomic E-state index is 0.104. The van der Waals surface area contributed by atoms with Gasteiger partial charge in [0.2, 0.25) is 5.43 Å². The van der Waals surface area contributed by atoms with Gasteiger partial charge in [0.05, 0.1) is 5.39 Å². The van der Waals surface area contributed by atoms with Crippen LogP contribution in [0, 0.1) is 0 Å². The van der Waals surface area contributed by atoms with E-state index in [4.69, 9.17) is 13.9 Å². The molecule has 0 saturated heterocycles. The lowest BCUT2D eigenvalue weighted by Crippen LogP contribution is -2.29. The van der Waals surface area contributed by atoms with Crippen LogP contribution in [0.1, 0.15) is 45.7 Å². The molecule has 2 aliphatic heterocycles. The number of ether oxygens (including phenoxy) is 2. The predicted molar refractivity (Wildman–Crippen MR) is 110 cm³/mol. The molecule has 0 saturated carbocycles. The van der Waals surface area contributed by atoms with Crippen LogP contribution in [-0.4, -0.2) is 21.9 Å². The fourth-order valence-electron chi connectivity index (χ4n) is 4.23. The van der Waals surface area contributed by atoms with Crippen molar-refractivity contribution in [3.05, 3.63) is 39.6 Å². The number of rotatable bonds is 0. The normalized spacial score (nSPS) is 20.9. The monoisotopic (exact) mass is 394 g/mol. The van der Waals surface area contributed by atoms with E-state index in [0.717, 1.165) is 5.56 Å². The van der Waals surface area contributed by atoms with Crippen molar-refractivity contribution in [2.45, 2.75) is 51.7 Å². The second kappa shape index (κ2) is 5.26. The molecule has 2 N–H and O–H groups in total. The minimum Gasteiger partial charge on any atom is -0.507 e. The number of phenolic OH excluding ortho intramolecular Hbond substituents is 2. The fraction of sp³-hybridized carbons (Fsp3) is 0.348. The van der Waals surface area contributed by atoms with Crippen molar-refractivity contribution in [1.82, 2.24) is 0 Å². The van der Waals surface area contributed by atoms with Crippen LogP contribution >= 0.6 is 0 Å². The summed E-state index contributed by atoms with van der Waals surface area (Å²) in [6, 6.07) is 2.88. The highest BCUT2D eigenvalue weighted by Crippen LogP contribution is 2.50. The van der Waals surface area contributed by atoms with Gasteiger partial charge >= 0.3 is 0 Å². The summed E-state index contributed by atoms with van der Waals surface area (Å²) < 4.78 is 17.9. The second-order valence-corrected chi connectivity index (χ2v) is 8.94. The molecular formula is C23H22O6. The molecule has 6 nitrogen and oxygen atoms in total. The van der Waals surface area contributed by atoms with Crippen LogP contribution < -0.4 is 14.9 Å². The molecule has 1 unspecified atom stereocenters. The van der Waals surface area contributed by atoms with Gasteiger partial charge in [-0.15, -0.1) is 0 Å². The average molecular weight is 394 g/mol. The molecule has 3 aromatic rings. The van der Waals surface area contributed by atoms with Crippen molar-refractivity contribution in [3.8, 4) is 23.0 Å². The van der Waals surface area contributed by atoms with E-state index in [0.29, 0.717) is 11.3 Å². The summed E-state index contributed by atoms with van der Waals surface area (Å²) in [6.45, 7) is 9.67. The molecule has 2 aliphatic rings. The number of phenols is 2. The number of aromatic hydroxyl groups is 2. The first-order valence-corrected chi connectivity index (χ1v) is 9.59. The standard InChI is InChI=1S/C23H22O6/c1-10-23(4,5)18-15(27-10)8-12(24)17-19(26)16-11-6-7-22(2,3)29-20(11)13(25)9-14(16)28-21(17)18/h6-10,24-25H,1-5H3. The summed E-state index contributed by atoms with van der Waals surface area (Å²) in [5, 5.41) is 21.5. The van der Waals surface area contributed by atoms with Crippen molar-refractivity contribution < 1.29 is 24.1 Å². The molecule has 2 aromatic carbocycles. The van der Waals surface area contributed by atoms with Gasteiger partial charge in [0.1, 0.15) is 39.8 Å². The van der Waals surface area contributed by atoms with Gasteiger partial charge in [-0.25, -0.2) is 0 Å². The van der Waals surface area contributed by atoms with Crippen molar-refractivity contribution in [3.63, 3.8) is 0 Å². The second-order valence-electron chi connectivity index (χ2n) is 8.94. The first-order chi connectivity index (χ1) is 13.5. The van der Waals surface area contributed by atoms with Crippen molar-refractivity contribution >= 4 is 28.0 Å². The molecule has 150 valence electrons. The minimum atomic E-state index is -0.615. The molecule has 0 aliphatic carbocycles. The zero-order valence-electron chi connectivity index (χ0n) is 16.9. The van der Waals surface area contributed by atoms with E-state index in [1.807, 2.05) is 40.7 Å². The van der Waals surface area contributed by atoms with Gasteiger partial charge in [-0.2, -0.15) is 0 Å². The Bertz CT molecular complexity index is 1310. The van der Waals surface area contributed by atoms with Crippen LogP contribution in [0.15, 0.2) is 27.4 Å². The van der Waals surface area contributed by atoms with Crippen LogP contribution in [0.3, 0.4) is 0 Å². The van der Waals surface area contributed by atoms with Gasteiger partial charge in [-0.1, -0.05) is 19.9 Å². The van der Waals surface area contributed by atoms with Crippen molar-refractivity contribution in [2.24, 2.45) is 0 Å². The lowest BCUT2D eigenvalue weighted by molar-refractivity contribution is 0.153. The summed E-state index contributed by atoms with van der Waals surface area (Å²) in [7, 11) is 0. The number of hydrogen-bond acceptors (Lipinski definition) is 6. The molecule has 0 bridgehead atoms. The molecule has 1 atom stereocenters. The molecule has 0 fully saturated rings. The van der Waals surface area contributed by atoms with Crippen LogP contribution in [0.2, 0.25) is 0 Å². The molecule has 5 rings (SSSR count). The highest BCUT2D eigenvalue weighted by Gasteiger charge is 2.42.